The Morgan fingerprint density at radius 2 is 1.89 bits per heavy atom. The van der Waals surface area contributed by atoms with E-state index in [2.05, 4.69) is 19.8 Å². The number of hydrogen-bond donors (Lipinski definition) is 1. The highest BCUT2D eigenvalue weighted by atomic mass is 15.3. The number of rotatable bonds is 3. The maximum Gasteiger partial charge on any atom is 0.227 e. The standard InChI is InChI=1S/C14H23N5/c15-13-3-6-16-14(17-13)19-9-4-12(5-10-19)11-18-7-1-2-8-18/h3,6,12H,1-2,4-5,7-11H2,(H2,15,16,17). The topological polar surface area (TPSA) is 58.3 Å². The summed E-state index contributed by atoms with van der Waals surface area (Å²) in [7, 11) is 0. The Kier molecular flexibility index (Phi) is 3.82. The fourth-order valence-corrected chi connectivity index (χ4v) is 3.16. The second kappa shape index (κ2) is 5.74. The molecule has 5 nitrogen and oxygen atoms in total. The van der Waals surface area contributed by atoms with Gasteiger partial charge < -0.3 is 15.5 Å². The number of piperidine rings is 1. The Morgan fingerprint density at radius 3 is 2.58 bits per heavy atom. The summed E-state index contributed by atoms with van der Waals surface area (Å²) in [5.74, 6) is 2.19. The lowest BCUT2D eigenvalue weighted by Crippen LogP contribution is -2.38. The van der Waals surface area contributed by atoms with Crippen molar-refractivity contribution in [3.05, 3.63) is 12.3 Å². The lowest BCUT2D eigenvalue weighted by Gasteiger charge is -2.33. The SMILES string of the molecule is Nc1ccnc(N2CCC(CN3CCCC3)CC2)n1. The molecule has 0 aliphatic carbocycles. The minimum absolute atomic E-state index is 0.559. The van der Waals surface area contributed by atoms with Crippen LogP contribution in [0.15, 0.2) is 12.3 Å². The molecule has 2 aliphatic heterocycles. The normalized spacial score (nSPS) is 22.0. The summed E-state index contributed by atoms with van der Waals surface area (Å²) < 4.78 is 0. The van der Waals surface area contributed by atoms with Gasteiger partial charge in [0.25, 0.3) is 0 Å². The van der Waals surface area contributed by atoms with Crippen molar-refractivity contribution in [2.45, 2.75) is 25.7 Å². The lowest BCUT2D eigenvalue weighted by atomic mass is 9.96. The van der Waals surface area contributed by atoms with Crippen LogP contribution in [0.3, 0.4) is 0 Å². The zero-order chi connectivity index (χ0) is 13.1. The second-order valence-corrected chi connectivity index (χ2v) is 5.72. The first-order valence-electron chi connectivity index (χ1n) is 7.37. The fraction of sp³-hybridized carbons (Fsp3) is 0.714. The zero-order valence-electron chi connectivity index (χ0n) is 11.5. The molecule has 2 N–H and O–H groups in total. The van der Waals surface area contributed by atoms with Gasteiger partial charge >= 0.3 is 0 Å². The van der Waals surface area contributed by atoms with Gasteiger partial charge in [-0.05, 0) is 50.8 Å². The molecule has 1 aromatic rings. The van der Waals surface area contributed by atoms with E-state index in [0.29, 0.717) is 5.82 Å². The van der Waals surface area contributed by atoms with Crippen LogP contribution >= 0.6 is 0 Å². The summed E-state index contributed by atoms with van der Waals surface area (Å²) in [6, 6.07) is 1.74. The molecule has 3 rings (SSSR count). The van der Waals surface area contributed by atoms with Crippen LogP contribution in [0.1, 0.15) is 25.7 Å². The van der Waals surface area contributed by atoms with E-state index in [1.54, 1.807) is 12.3 Å². The van der Waals surface area contributed by atoms with Crippen LogP contribution in [-0.4, -0.2) is 47.6 Å². The predicted octanol–water partition coefficient (Wildman–Crippen LogP) is 1.37. The van der Waals surface area contributed by atoms with E-state index in [4.69, 9.17) is 5.73 Å². The molecule has 0 spiro atoms. The predicted molar refractivity (Wildman–Crippen MR) is 77.1 cm³/mol. The van der Waals surface area contributed by atoms with Gasteiger partial charge in [-0.25, -0.2) is 4.98 Å². The molecule has 2 aliphatic rings. The number of likely N-dealkylation sites (tertiary alicyclic amines) is 1. The molecular formula is C14H23N5. The third kappa shape index (κ3) is 3.15. The summed E-state index contributed by atoms with van der Waals surface area (Å²) >= 11 is 0. The summed E-state index contributed by atoms with van der Waals surface area (Å²) in [5, 5.41) is 0. The van der Waals surface area contributed by atoms with Crippen LogP contribution in [0.5, 0.6) is 0 Å². The van der Waals surface area contributed by atoms with Crippen molar-refractivity contribution in [1.82, 2.24) is 14.9 Å². The summed E-state index contributed by atoms with van der Waals surface area (Å²) in [5.41, 5.74) is 5.72. The maximum absolute atomic E-state index is 5.72. The molecule has 0 amide bonds. The molecule has 0 atom stereocenters. The van der Waals surface area contributed by atoms with Crippen molar-refractivity contribution in [2.24, 2.45) is 5.92 Å². The Bertz CT molecular complexity index is 408. The Balaban J connectivity index is 1.51. The first-order chi connectivity index (χ1) is 9.31. The van der Waals surface area contributed by atoms with Crippen molar-refractivity contribution >= 4 is 11.8 Å². The van der Waals surface area contributed by atoms with E-state index in [1.165, 1.54) is 45.3 Å². The van der Waals surface area contributed by atoms with E-state index in [0.717, 1.165) is 25.0 Å². The first-order valence-corrected chi connectivity index (χ1v) is 7.37. The van der Waals surface area contributed by atoms with E-state index >= 15 is 0 Å². The average molecular weight is 261 g/mol. The minimum atomic E-state index is 0.559. The summed E-state index contributed by atoms with van der Waals surface area (Å²) in [6.45, 7) is 6.01. The van der Waals surface area contributed by atoms with Crippen LogP contribution in [0.4, 0.5) is 11.8 Å². The molecule has 0 bridgehead atoms. The number of hydrogen-bond acceptors (Lipinski definition) is 5. The number of nitrogen functional groups attached to an aromatic ring is 1. The fourth-order valence-electron chi connectivity index (χ4n) is 3.16. The van der Waals surface area contributed by atoms with E-state index in [-0.39, 0.29) is 0 Å². The van der Waals surface area contributed by atoms with Gasteiger partial charge in [-0.3, -0.25) is 0 Å². The van der Waals surface area contributed by atoms with Crippen LogP contribution in [0.2, 0.25) is 0 Å². The molecule has 0 saturated carbocycles. The van der Waals surface area contributed by atoms with Crippen LogP contribution in [0, 0.1) is 5.92 Å². The van der Waals surface area contributed by atoms with Gasteiger partial charge in [0.2, 0.25) is 5.95 Å². The van der Waals surface area contributed by atoms with E-state index < -0.39 is 0 Å². The summed E-state index contributed by atoms with van der Waals surface area (Å²) in [4.78, 5) is 13.5. The largest absolute Gasteiger partial charge is 0.384 e. The van der Waals surface area contributed by atoms with E-state index in [1.807, 2.05) is 0 Å². The third-order valence-corrected chi connectivity index (χ3v) is 4.28. The Labute approximate surface area is 114 Å². The van der Waals surface area contributed by atoms with Crippen LogP contribution in [0.25, 0.3) is 0 Å². The van der Waals surface area contributed by atoms with Gasteiger partial charge in [0.1, 0.15) is 5.82 Å². The van der Waals surface area contributed by atoms with Gasteiger partial charge in [0, 0.05) is 25.8 Å². The molecular weight excluding hydrogens is 238 g/mol. The molecule has 0 unspecified atom stereocenters. The number of anilines is 2. The molecule has 2 fully saturated rings. The quantitative estimate of drug-likeness (QED) is 0.890. The smallest absolute Gasteiger partial charge is 0.227 e. The Morgan fingerprint density at radius 1 is 1.16 bits per heavy atom. The number of nitrogens with two attached hydrogens (primary N) is 1. The average Bonchev–Trinajstić information content (AvgIpc) is 2.92. The minimum Gasteiger partial charge on any atom is -0.384 e. The zero-order valence-corrected chi connectivity index (χ0v) is 11.5. The molecule has 104 valence electrons. The second-order valence-electron chi connectivity index (χ2n) is 5.72. The van der Waals surface area contributed by atoms with Crippen LogP contribution < -0.4 is 10.6 Å². The van der Waals surface area contributed by atoms with E-state index in [9.17, 15) is 0 Å². The van der Waals surface area contributed by atoms with Crippen molar-refractivity contribution in [3.63, 3.8) is 0 Å². The highest BCUT2D eigenvalue weighted by Crippen LogP contribution is 2.23. The van der Waals surface area contributed by atoms with Crippen molar-refractivity contribution in [3.8, 4) is 0 Å². The van der Waals surface area contributed by atoms with Gasteiger partial charge in [0.15, 0.2) is 0 Å². The van der Waals surface area contributed by atoms with Crippen molar-refractivity contribution in [1.29, 1.82) is 0 Å². The first kappa shape index (κ1) is 12.7. The lowest BCUT2D eigenvalue weighted by molar-refractivity contribution is 0.249. The van der Waals surface area contributed by atoms with Gasteiger partial charge in [-0.2, -0.15) is 4.98 Å². The third-order valence-electron chi connectivity index (χ3n) is 4.28. The van der Waals surface area contributed by atoms with Gasteiger partial charge in [-0.15, -0.1) is 0 Å². The highest BCUT2D eigenvalue weighted by Gasteiger charge is 2.23. The number of aromatic nitrogens is 2. The Hall–Kier alpha value is -1.36. The molecule has 2 saturated heterocycles. The van der Waals surface area contributed by atoms with Gasteiger partial charge in [-0.1, -0.05) is 0 Å². The maximum atomic E-state index is 5.72. The van der Waals surface area contributed by atoms with Crippen molar-refractivity contribution < 1.29 is 0 Å². The van der Waals surface area contributed by atoms with Crippen molar-refractivity contribution in [2.75, 3.05) is 43.4 Å². The molecule has 19 heavy (non-hydrogen) atoms. The monoisotopic (exact) mass is 261 g/mol. The van der Waals surface area contributed by atoms with Gasteiger partial charge in [0.05, 0.1) is 0 Å². The molecule has 3 heterocycles. The molecule has 1 aromatic heterocycles. The van der Waals surface area contributed by atoms with Crippen LogP contribution in [-0.2, 0) is 0 Å². The number of nitrogens with zero attached hydrogens (tertiary/aromatic N) is 4. The molecule has 0 aromatic carbocycles. The highest BCUT2D eigenvalue weighted by molar-refractivity contribution is 5.37. The molecule has 0 radical (unpaired) electrons. The summed E-state index contributed by atoms with van der Waals surface area (Å²) in [6.07, 6.45) is 7.00. The molecule has 5 heteroatoms.